The second-order valence-corrected chi connectivity index (χ2v) is 9.04. The number of rotatable bonds is 6. The van der Waals surface area contributed by atoms with Gasteiger partial charge in [-0.25, -0.2) is 14.4 Å². The number of benzene rings is 3. The third-order valence-electron chi connectivity index (χ3n) is 5.98. The first-order chi connectivity index (χ1) is 16.5. The number of imide groups is 1. The summed E-state index contributed by atoms with van der Waals surface area (Å²) in [6, 6.07) is 20.1. The highest BCUT2D eigenvalue weighted by Crippen LogP contribution is 2.48. The quantitative estimate of drug-likeness (QED) is 0.402. The van der Waals surface area contributed by atoms with Crippen molar-refractivity contribution >= 4 is 39.1 Å². The Morgan fingerprint density at radius 3 is 2.38 bits per heavy atom. The number of carbonyl (C=O) groups excluding carboxylic acids is 2. The first-order valence-corrected chi connectivity index (χ1v) is 11.9. The van der Waals surface area contributed by atoms with Crippen LogP contribution in [0.1, 0.15) is 24.9 Å². The van der Waals surface area contributed by atoms with E-state index in [1.807, 2.05) is 37.3 Å². The average molecular weight is 525 g/mol. The molecule has 0 bridgehead atoms. The highest BCUT2D eigenvalue weighted by molar-refractivity contribution is 9.10. The van der Waals surface area contributed by atoms with Crippen LogP contribution in [-0.4, -0.2) is 24.5 Å². The summed E-state index contributed by atoms with van der Waals surface area (Å²) in [5, 5.41) is 1.59. The summed E-state index contributed by atoms with van der Waals surface area (Å²) in [4.78, 5) is 34.3. The van der Waals surface area contributed by atoms with E-state index in [4.69, 9.17) is 9.57 Å². The van der Waals surface area contributed by atoms with Crippen LogP contribution in [0.4, 0.5) is 15.8 Å². The Bertz CT molecular complexity index is 1220. The van der Waals surface area contributed by atoms with Gasteiger partial charge in [-0.15, -0.1) is 0 Å². The van der Waals surface area contributed by atoms with Crippen molar-refractivity contribution in [2.75, 3.05) is 16.6 Å². The summed E-state index contributed by atoms with van der Waals surface area (Å²) in [6.07, 6.45) is -0.109. The summed E-state index contributed by atoms with van der Waals surface area (Å²) in [6.45, 7) is 2.60. The molecule has 0 spiro atoms. The number of hydrogen-bond acceptors (Lipinski definition) is 5. The third-order valence-corrected chi connectivity index (χ3v) is 6.59. The molecule has 3 aromatic carbocycles. The van der Waals surface area contributed by atoms with Crippen molar-refractivity contribution in [3.63, 3.8) is 0 Å². The van der Waals surface area contributed by atoms with Crippen LogP contribution < -0.4 is 14.7 Å². The predicted octanol–water partition coefficient (Wildman–Crippen LogP) is 5.43. The van der Waals surface area contributed by atoms with Crippen LogP contribution >= 0.6 is 15.9 Å². The van der Waals surface area contributed by atoms with Crippen molar-refractivity contribution in [3.8, 4) is 5.75 Å². The van der Waals surface area contributed by atoms with Gasteiger partial charge in [-0.05, 0) is 76.4 Å². The van der Waals surface area contributed by atoms with Gasteiger partial charge in [0.1, 0.15) is 17.5 Å². The lowest BCUT2D eigenvalue weighted by molar-refractivity contribution is -0.126. The Morgan fingerprint density at radius 1 is 0.971 bits per heavy atom. The first kappa shape index (κ1) is 22.6. The Kier molecular flexibility index (Phi) is 6.10. The van der Waals surface area contributed by atoms with Crippen LogP contribution in [-0.2, 0) is 14.4 Å². The second-order valence-electron chi connectivity index (χ2n) is 8.19. The van der Waals surface area contributed by atoms with E-state index >= 15 is 0 Å². The molecule has 0 aromatic heterocycles. The largest absolute Gasteiger partial charge is 0.494 e. The Morgan fingerprint density at radius 2 is 1.71 bits per heavy atom. The molecule has 0 N–H and O–H groups in total. The summed E-state index contributed by atoms with van der Waals surface area (Å²) in [5.41, 5.74) is 1.82. The topological polar surface area (TPSA) is 59.1 Å². The molecular weight excluding hydrogens is 503 g/mol. The van der Waals surface area contributed by atoms with Crippen molar-refractivity contribution in [3.05, 3.63) is 88.6 Å². The summed E-state index contributed by atoms with van der Waals surface area (Å²) < 4.78 is 19.9. The number of hydroxylamine groups is 1. The van der Waals surface area contributed by atoms with Crippen molar-refractivity contribution < 1.29 is 23.6 Å². The smallest absolute Gasteiger partial charge is 0.266 e. The van der Waals surface area contributed by atoms with E-state index in [0.717, 1.165) is 6.42 Å². The highest BCUT2D eigenvalue weighted by atomic mass is 79.9. The van der Waals surface area contributed by atoms with Gasteiger partial charge >= 0.3 is 0 Å². The molecule has 2 saturated heterocycles. The molecule has 2 heterocycles. The molecule has 5 rings (SSSR count). The van der Waals surface area contributed by atoms with Gasteiger partial charge in [0.2, 0.25) is 5.91 Å². The number of anilines is 2. The maximum Gasteiger partial charge on any atom is 0.266 e. The fourth-order valence-electron chi connectivity index (χ4n) is 4.41. The lowest BCUT2D eigenvalue weighted by Gasteiger charge is -2.29. The number of amides is 2. The number of carbonyl (C=O) groups is 2. The molecule has 174 valence electrons. The standard InChI is InChI=1S/C26H22BrFN2O4/c1-2-14-33-19-11-9-17(10-12-19)29-25(31)22-23(16-8-13-21(28)20(27)15-16)30(34-24(22)26(29)32)18-6-4-3-5-7-18/h3-13,15,22-24H,2,14H2,1H3/t22-,23-,24-/m0/s1. The van der Waals surface area contributed by atoms with E-state index in [1.54, 1.807) is 41.5 Å². The van der Waals surface area contributed by atoms with Crippen molar-refractivity contribution in [1.82, 2.24) is 0 Å². The molecule has 2 aliphatic heterocycles. The van der Waals surface area contributed by atoms with Gasteiger partial charge in [0.05, 0.1) is 28.5 Å². The van der Waals surface area contributed by atoms with Gasteiger partial charge in [0, 0.05) is 0 Å². The third kappa shape index (κ3) is 3.86. The number of hydrogen-bond donors (Lipinski definition) is 0. The molecule has 34 heavy (non-hydrogen) atoms. The summed E-state index contributed by atoms with van der Waals surface area (Å²) in [7, 11) is 0. The molecule has 2 aliphatic rings. The number of para-hydroxylation sites is 1. The lowest BCUT2D eigenvalue weighted by atomic mass is 9.90. The average Bonchev–Trinajstić information content (AvgIpc) is 3.36. The van der Waals surface area contributed by atoms with E-state index in [9.17, 15) is 14.0 Å². The minimum absolute atomic E-state index is 0.276. The molecule has 3 atom stereocenters. The van der Waals surface area contributed by atoms with Crippen LogP contribution in [0.15, 0.2) is 77.3 Å². The molecule has 0 unspecified atom stereocenters. The maximum absolute atomic E-state index is 14.0. The monoisotopic (exact) mass is 524 g/mol. The van der Waals surface area contributed by atoms with Gasteiger partial charge in [-0.1, -0.05) is 31.2 Å². The zero-order chi connectivity index (χ0) is 23.8. The molecule has 3 aromatic rings. The number of ether oxygens (including phenoxy) is 1. The molecule has 0 aliphatic carbocycles. The fraction of sp³-hybridized carbons (Fsp3) is 0.231. The second kappa shape index (κ2) is 9.19. The van der Waals surface area contributed by atoms with E-state index in [1.165, 1.54) is 11.0 Å². The number of fused-ring (bicyclic) bond motifs is 1. The summed E-state index contributed by atoms with van der Waals surface area (Å²) in [5.74, 6) is -1.32. The first-order valence-electron chi connectivity index (χ1n) is 11.1. The van der Waals surface area contributed by atoms with Crippen molar-refractivity contribution in [1.29, 1.82) is 0 Å². The number of nitrogens with zero attached hydrogens (tertiary/aromatic N) is 2. The minimum atomic E-state index is -0.988. The Hall–Kier alpha value is -3.23. The number of halogens is 2. The van der Waals surface area contributed by atoms with E-state index < -0.39 is 29.8 Å². The van der Waals surface area contributed by atoms with Gasteiger partial charge in [-0.3, -0.25) is 14.4 Å². The summed E-state index contributed by atoms with van der Waals surface area (Å²) >= 11 is 3.23. The van der Waals surface area contributed by atoms with Crippen molar-refractivity contribution in [2.24, 2.45) is 5.92 Å². The SMILES string of the molecule is CCCOc1ccc(N2C(=O)[C@@H]3[C@H](ON(c4ccccc4)[C@H]3c3ccc(F)c(Br)c3)C2=O)cc1. The molecular formula is C26H22BrFN2O4. The normalized spacial score (nSPS) is 21.8. The van der Waals surface area contributed by atoms with Crippen LogP contribution in [0.5, 0.6) is 5.75 Å². The zero-order valence-corrected chi connectivity index (χ0v) is 19.9. The van der Waals surface area contributed by atoms with E-state index in [2.05, 4.69) is 15.9 Å². The predicted molar refractivity (Wildman–Crippen MR) is 129 cm³/mol. The van der Waals surface area contributed by atoms with E-state index in [-0.39, 0.29) is 10.4 Å². The van der Waals surface area contributed by atoms with Crippen LogP contribution in [0.2, 0.25) is 0 Å². The fourth-order valence-corrected chi connectivity index (χ4v) is 4.81. The molecule has 6 nitrogen and oxygen atoms in total. The molecule has 2 fully saturated rings. The molecule has 0 saturated carbocycles. The minimum Gasteiger partial charge on any atom is -0.494 e. The maximum atomic E-state index is 14.0. The highest BCUT2D eigenvalue weighted by Gasteiger charge is 2.60. The van der Waals surface area contributed by atoms with Gasteiger partial charge < -0.3 is 4.74 Å². The van der Waals surface area contributed by atoms with Gasteiger partial charge in [0.25, 0.3) is 5.91 Å². The Balaban J connectivity index is 1.51. The van der Waals surface area contributed by atoms with Crippen LogP contribution in [0.3, 0.4) is 0 Å². The zero-order valence-electron chi connectivity index (χ0n) is 18.4. The van der Waals surface area contributed by atoms with Crippen molar-refractivity contribution in [2.45, 2.75) is 25.5 Å². The molecule has 0 radical (unpaired) electrons. The van der Waals surface area contributed by atoms with E-state index in [0.29, 0.717) is 29.3 Å². The van der Waals surface area contributed by atoms with Crippen LogP contribution in [0.25, 0.3) is 0 Å². The van der Waals surface area contributed by atoms with Gasteiger partial charge in [0.15, 0.2) is 6.10 Å². The Labute approximate surface area is 205 Å². The molecule has 2 amide bonds. The lowest BCUT2D eigenvalue weighted by Crippen LogP contribution is -2.37. The molecule has 8 heteroatoms. The van der Waals surface area contributed by atoms with Crippen LogP contribution in [0, 0.1) is 11.7 Å². The van der Waals surface area contributed by atoms with Gasteiger partial charge in [-0.2, -0.15) is 0 Å².